The van der Waals surface area contributed by atoms with Gasteiger partial charge in [-0.15, -0.1) is 0 Å². The van der Waals surface area contributed by atoms with Gasteiger partial charge in [0.2, 0.25) is 0 Å². The number of halogens is 5. The SMILES string of the molecule is Cc1c(C(=O)NCC(F)(F)F)ccc2nn(CC3CCN(C(=O)c4ccc(Oc5cccc(C(F)(F)P)c5)cc4)CC3)cc12. The van der Waals surface area contributed by atoms with Crippen molar-refractivity contribution in [2.75, 3.05) is 19.6 Å². The van der Waals surface area contributed by atoms with Crippen LogP contribution in [0.4, 0.5) is 22.0 Å². The van der Waals surface area contributed by atoms with E-state index in [0.29, 0.717) is 47.4 Å². The zero-order valence-electron chi connectivity index (χ0n) is 23.7. The average molecular weight is 633 g/mol. The molecule has 2 heterocycles. The second-order valence-corrected chi connectivity index (χ2v) is 11.6. The van der Waals surface area contributed by atoms with E-state index in [4.69, 9.17) is 4.74 Å². The normalized spacial score (nSPS) is 14.6. The Balaban J connectivity index is 1.15. The van der Waals surface area contributed by atoms with Crippen LogP contribution in [0, 0.1) is 12.8 Å². The van der Waals surface area contributed by atoms with Crippen molar-refractivity contribution < 1.29 is 36.3 Å². The van der Waals surface area contributed by atoms with Gasteiger partial charge in [0.15, 0.2) is 0 Å². The molecule has 13 heteroatoms. The van der Waals surface area contributed by atoms with Gasteiger partial charge in [-0.3, -0.25) is 14.3 Å². The number of carbonyl (C=O) groups excluding carboxylic acids is 2. The van der Waals surface area contributed by atoms with Crippen LogP contribution in [0.5, 0.6) is 11.5 Å². The molecule has 0 spiro atoms. The van der Waals surface area contributed by atoms with Crippen LogP contribution in [-0.2, 0) is 12.2 Å². The fraction of sp³-hybridized carbons (Fsp3) is 0.323. The standard InChI is InChI=1S/C31H30F5N4O3P/c1-19-25(28(41)37-18-30(32,33)34)9-10-27-26(19)17-40(38-27)16-20-11-13-39(14-12-20)29(42)21-5-7-23(8-6-21)43-24-4-2-3-22(15-24)31(35,36)44/h2-10,15,17,20H,11-14,16,18,44H2,1H3,(H,37,41). The van der Waals surface area contributed by atoms with Crippen LogP contribution in [0.3, 0.4) is 0 Å². The topological polar surface area (TPSA) is 76.5 Å². The lowest BCUT2D eigenvalue weighted by Crippen LogP contribution is -2.39. The minimum atomic E-state index is -4.49. The molecule has 1 aromatic heterocycles. The van der Waals surface area contributed by atoms with Gasteiger partial charge in [0.05, 0.1) is 5.52 Å². The molecule has 5 rings (SSSR count). The molecule has 0 bridgehead atoms. The summed E-state index contributed by atoms with van der Waals surface area (Å²) in [6.07, 6.45) is -1.19. The van der Waals surface area contributed by atoms with Crippen LogP contribution in [0.2, 0.25) is 0 Å². The van der Waals surface area contributed by atoms with Crippen molar-refractivity contribution in [3.05, 3.63) is 89.1 Å². The molecule has 1 N–H and O–H groups in total. The molecule has 1 fully saturated rings. The lowest BCUT2D eigenvalue weighted by Gasteiger charge is -2.32. The summed E-state index contributed by atoms with van der Waals surface area (Å²) in [5, 5.41) is 7.19. The molecule has 1 atom stereocenters. The fourth-order valence-corrected chi connectivity index (χ4v) is 5.41. The first-order valence-electron chi connectivity index (χ1n) is 13.9. The van der Waals surface area contributed by atoms with Crippen molar-refractivity contribution >= 4 is 32.0 Å². The van der Waals surface area contributed by atoms with Crippen molar-refractivity contribution in [2.45, 2.75) is 38.2 Å². The number of hydrogen-bond acceptors (Lipinski definition) is 4. The zero-order chi connectivity index (χ0) is 31.6. The number of nitrogens with one attached hydrogen (secondary N) is 1. The van der Waals surface area contributed by atoms with E-state index in [1.807, 2.05) is 5.32 Å². The van der Waals surface area contributed by atoms with E-state index >= 15 is 0 Å². The number of rotatable bonds is 8. The van der Waals surface area contributed by atoms with Crippen LogP contribution in [0.1, 0.15) is 44.7 Å². The predicted molar refractivity (Wildman–Crippen MR) is 158 cm³/mol. The van der Waals surface area contributed by atoms with Gasteiger partial charge in [-0.2, -0.15) is 27.1 Å². The number of likely N-dealkylation sites (tertiary alicyclic amines) is 1. The number of hydrogen-bond donors (Lipinski definition) is 1. The van der Waals surface area contributed by atoms with E-state index in [9.17, 15) is 31.5 Å². The maximum absolute atomic E-state index is 13.6. The highest BCUT2D eigenvalue weighted by Crippen LogP contribution is 2.37. The average Bonchev–Trinajstić information content (AvgIpc) is 3.39. The summed E-state index contributed by atoms with van der Waals surface area (Å²) < 4.78 is 72.2. The molecule has 232 valence electrons. The monoisotopic (exact) mass is 632 g/mol. The Labute approximate surface area is 252 Å². The van der Waals surface area contributed by atoms with E-state index in [2.05, 4.69) is 5.10 Å². The summed E-state index contributed by atoms with van der Waals surface area (Å²) in [6, 6.07) is 15.3. The van der Waals surface area contributed by atoms with Crippen LogP contribution in [-0.4, -0.2) is 52.3 Å². The molecule has 1 aliphatic heterocycles. The zero-order valence-corrected chi connectivity index (χ0v) is 24.9. The minimum absolute atomic E-state index is 0.114. The minimum Gasteiger partial charge on any atom is -0.457 e. The van der Waals surface area contributed by atoms with E-state index in [1.54, 1.807) is 59.1 Å². The van der Waals surface area contributed by atoms with E-state index in [-0.39, 0.29) is 28.7 Å². The third kappa shape index (κ3) is 7.53. The van der Waals surface area contributed by atoms with Gasteiger partial charge < -0.3 is 15.0 Å². The maximum atomic E-state index is 13.6. The van der Waals surface area contributed by atoms with Crippen molar-refractivity contribution in [1.29, 1.82) is 0 Å². The molecule has 0 aliphatic carbocycles. The molecule has 0 saturated carbocycles. The Morgan fingerprint density at radius 2 is 1.70 bits per heavy atom. The Bertz CT molecular complexity index is 1660. The number of carbonyl (C=O) groups is 2. The van der Waals surface area contributed by atoms with Gasteiger partial charge in [-0.05, 0) is 79.8 Å². The molecule has 1 unspecified atom stereocenters. The molecule has 3 aromatic carbocycles. The van der Waals surface area contributed by atoms with Crippen LogP contribution < -0.4 is 10.1 Å². The quantitative estimate of drug-likeness (QED) is 0.169. The predicted octanol–water partition coefficient (Wildman–Crippen LogP) is 6.91. The summed E-state index contributed by atoms with van der Waals surface area (Å²) in [5.41, 5.74) is -1.40. The smallest absolute Gasteiger partial charge is 0.405 e. The highest BCUT2D eigenvalue weighted by atomic mass is 31.0. The summed E-state index contributed by atoms with van der Waals surface area (Å²) in [6.45, 7) is 2.00. The number of ether oxygens (including phenoxy) is 1. The second-order valence-electron chi connectivity index (χ2n) is 10.8. The third-order valence-electron chi connectivity index (χ3n) is 7.60. The summed E-state index contributed by atoms with van der Waals surface area (Å²) in [5.74, 6) is 0.0281. The lowest BCUT2D eigenvalue weighted by molar-refractivity contribution is -0.123. The number of piperidine rings is 1. The lowest BCUT2D eigenvalue weighted by atomic mass is 9.96. The third-order valence-corrected chi connectivity index (χ3v) is 7.94. The Kier molecular flexibility index (Phi) is 8.92. The Hall–Kier alpha value is -4.05. The van der Waals surface area contributed by atoms with Crippen molar-refractivity contribution in [2.24, 2.45) is 5.92 Å². The first-order valence-corrected chi connectivity index (χ1v) is 14.5. The number of aromatic nitrogens is 2. The molecular weight excluding hydrogens is 602 g/mol. The number of amides is 2. The molecule has 4 aromatic rings. The van der Waals surface area contributed by atoms with Gasteiger partial charge in [-0.1, -0.05) is 21.4 Å². The molecule has 2 amide bonds. The number of alkyl halides is 5. The van der Waals surface area contributed by atoms with Crippen molar-refractivity contribution in [3.63, 3.8) is 0 Å². The Morgan fingerprint density at radius 1 is 1.00 bits per heavy atom. The van der Waals surface area contributed by atoms with E-state index < -0.39 is 24.3 Å². The molecule has 1 aliphatic rings. The molecule has 7 nitrogen and oxygen atoms in total. The molecule has 0 radical (unpaired) electrons. The van der Waals surface area contributed by atoms with Crippen molar-refractivity contribution in [1.82, 2.24) is 20.0 Å². The molecular formula is C31H30F5N4O3P. The van der Waals surface area contributed by atoms with Crippen LogP contribution >= 0.6 is 9.24 Å². The number of fused-ring (bicyclic) bond motifs is 1. The fourth-order valence-electron chi connectivity index (χ4n) is 5.23. The van der Waals surface area contributed by atoms with Crippen LogP contribution in [0.25, 0.3) is 10.9 Å². The van der Waals surface area contributed by atoms with E-state index in [0.717, 1.165) is 12.8 Å². The Morgan fingerprint density at radius 3 is 2.36 bits per heavy atom. The highest BCUT2D eigenvalue weighted by molar-refractivity contribution is 7.17. The van der Waals surface area contributed by atoms with Crippen LogP contribution in [0.15, 0.2) is 66.9 Å². The second kappa shape index (κ2) is 12.5. The number of benzene rings is 3. The van der Waals surface area contributed by atoms with Gasteiger partial charge in [0.1, 0.15) is 18.0 Å². The first-order chi connectivity index (χ1) is 20.8. The summed E-state index contributed by atoms with van der Waals surface area (Å²) >= 11 is 0. The summed E-state index contributed by atoms with van der Waals surface area (Å²) in [7, 11) is 1.50. The largest absolute Gasteiger partial charge is 0.457 e. The van der Waals surface area contributed by atoms with Gasteiger partial charge in [-0.25, -0.2) is 0 Å². The summed E-state index contributed by atoms with van der Waals surface area (Å²) in [4.78, 5) is 27.2. The van der Waals surface area contributed by atoms with Crippen molar-refractivity contribution in [3.8, 4) is 11.5 Å². The van der Waals surface area contributed by atoms with Gasteiger partial charge in [0.25, 0.3) is 17.5 Å². The van der Waals surface area contributed by atoms with E-state index in [1.165, 1.54) is 33.5 Å². The highest BCUT2D eigenvalue weighted by Gasteiger charge is 2.29. The maximum Gasteiger partial charge on any atom is 0.405 e. The molecule has 1 saturated heterocycles. The number of nitrogens with zero attached hydrogens (tertiary/aromatic N) is 3. The molecule has 44 heavy (non-hydrogen) atoms. The van der Waals surface area contributed by atoms with Gasteiger partial charge >= 0.3 is 6.18 Å². The number of aryl methyl sites for hydroxylation is 1. The first kappa shape index (κ1) is 31.4. The van der Waals surface area contributed by atoms with Gasteiger partial charge in [0, 0.05) is 47.9 Å².